The molecule has 1 atom stereocenters. The average Bonchev–Trinajstić information content (AvgIpc) is 2.40. The van der Waals surface area contributed by atoms with Crippen LogP contribution < -0.4 is 5.32 Å². The Bertz CT molecular complexity index is 327. The second kappa shape index (κ2) is 7.86. The van der Waals surface area contributed by atoms with E-state index in [4.69, 9.17) is 5.26 Å². The molecule has 1 N–H and O–H groups in total. The summed E-state index contributed by atoms with van der Waals surface area (Å²) in [5, 5.41) is 11.2. The van der Waals surface area contributed by atoms with Crippen molar-refractivity contribution in [2.45, 2.75) is 51.4 Å². The van der Waals surface area contributed by atoms with E-state index in [0.717, 1.165) is 18.8 Å². The largest absolute Gasteiger partial charge is 0.358 e. The molecule has 0 aromatic carbocycles. The Morgan fingerprint density at radius 2 is 2.00 bits per heavy atom. The van der Waals surface area contributed by atoms with Gasteiger partial charge in [0.25, 0.3) is 0 Å². The Balaban J connectivity index is 2.27. The summed E-state index contributed by atoms with van der Waals surface area (Å²) >= 11 is 0. The van der Waals surface area contributed by atoms with E-state index in [-0.39, 0.29) is 5.78 Å². The Kier molecular flexibility index (Phi) is 6.42. The van der Waals surface area contributed by atoms with Crippen LogP contribution in [0.25, 0.3) is 0 Å². The highest BCUT2D eigenvalue weighted by molar-refractivity contribution is 6.03. The summed E-state index contributed by atoms with van der Waals surface area (Å²) in [6.45, 7) is 0. The minimum atomic E-state index is -1.12. The van der Waals surface area contributed by atoms with Crippen molar-refractivity contribution in [3.05, 3.63) is 0 Å². The van der Waals surface area contributed by atoms with Crippen LogP contribution in [0.15, 0.2) is 0 Å². The number of hydrogen-bond acceptors (Lipinski definition) is 3. The SMILES string of the molecule is CNC(=O)C(C#N)C(=O)CCCC1CCCCC1. The van der Waals surface area contributed by atoms with E-state index in [1.807, 2.05) is 0 Å². The number of ketones is 1. The molecule has 0 spiro atoms. The van der Waals surface area contributed by atoms with Gasteiger partial charge in [-0.25, -0.2) is 0 Å². The zero-order valence-corrected chi connectivity index (χ0v) is 11.1. The van der Waals surface area contributed by atoms with Gasteiger partial charge < -0.3 is 5.32 Å². The minimum Gasteiger partial charge on any atom is -0.358 e. The molecule has 1 unspecified atom stereocenters. The lowest BCUT2D eigenvalue weighted by atomic mass is 9.85. The monoisotopic (exact) mass is 250 g/mol. The van der Waals surface area contributed by atoms with Crippen molar-refractivity contribution < 1.29 is 9.59 Å². The van der Waals surface area contributed by atoms with Crippen molar-refractivity contribution in [3.8, 4) is 6.07 Å². The van der Waals surface area contributed by atoms with Crippen LogP contribution in [-0.2, 0) is 9.59 Å². The molecule has 1 amide bonds. The molecule has 18 heavy (non-hydrogen) atoms. The van der Waals surface area contributed by atoms with Crippen LogP contribution in [0, 0.1) is 23.2 Å². The van der Waals surface area contributed by atoms with Gasteiger partial charge in [-0.3, -0.25) is 9.59 Å². The number of hydrogen-bond donors (Lipinski definition) is 1. The lowest BCUT2D eigenvalue weighted by molar-refractivity contribution is -0.131. The second-order valence-corrected chi connectivity index (χ2v) is 5.04. The minimum absolute atomic E-state index is 0.243. The normalized spacial score (nSPS) is 17.8. The molecule has 4 heteroatoms. The first kappa shape index (κ1) is 14.7. The standard InChI is InChI=1S/C14H22N2O2/c1-16-14(18)12(10-15)13(17)9-5-8-11-6-3-2-4-7-11/h11-12H,2-9H2,1H3,(H,16,18). The summed E-state index contributed by atoms with van der Waals surface area (Å²) in [4.78, 5) is 23.0. The Labute approximate surface area is 109 Å². The van der Waals surface area contributed by atoms with Crippen LogP contribution in [-0.4, -0.2) is 18.7 Å². The number of Topliss-reactive ketones (excluding diaryl/α,β-unsaturated/α-hetero) is 1. The van der Waals surface area contributed by atoms with E-state index in [1.54, 1.807) is 6.07 Å². The molecule has 0 saturated heterocycles. The number of nitrogens with one attached hydrogen (secondary N) is 1. The van der Waals surface area contributed by atoms with Crippen LogP contribution in [0.5, 0.6) is 0 Å². The fraction of sp³-hybridized carbons (Fsp3) is 0.786. The van der Waals surface area contributed by atoms with Crippen molar-refractivity contribution in [2.75, 3.05) is 7.05 Å². The summed E-state index contributed by atoms with van der Waals surface area (Å²) in [5.74, 6) is -1.11. The molecular weight excluding hydrogens is 228 g/mol. The maximum Gasteiger partial charge on any atom is 0.244 e. The van der Waals surface area contributed by atoms with E-state index >= 15 is 0 Å². The van der Waals surface area contributed by atoms with Gasteiger partial charge in [-0.2, -0.15) is 5.26 Å². The van der Waals surface area contributed by atoms with Crippen molar-refractivity contribution in [1.29, 1.82) is 5.26 Å². The summed E-state index contributed by atoms with van der Waals surface area (Å²) in [7, 11) is 1.45. The molecule has 1 aliphatic carbocycles. The molecule has 4 nitrogen and oxygen atoms in total. The number of carbonyl (C=O) groups is 2. The quantitative estimate of drug-likeness (QED) is 0.735. The van der Waals surface area contributed by atoms with Crippen molar-refractivity contribution >= 4 is 11.7 Å². The third kappa shape index (κ3) is 4.48. The molecule has 1 rings (SSSR count). The average molecular weight is 250 g/mol. The number of amides is 1. The first-order valence-corrected chi connectivity index (χ1v) is 6.83. The molecule has 1 fully saturated rings. The van der Waals surface area contributed by atoms with Gasteiger partial charge in [0.2, 0.25) is 5.91 Å². The fourth-order valence-electron chi connectivity index (χ4n) is 2.61. The predicted octanol–water partition coefficient (Wildman–Crippen LogP) is 2.19. The Morgan fingerprint density at radius 1 is 1.33 bits per heavy atom. The smallest absolute Gasteiger partial charge is 0.244 e. The maximum absolute atomic E-state index is 11.7. The lowest BCUT2D eigenvalue weighted by Gasteiger charge is -2.21. The Hall–Kier alpha value is -1.37. The molecule has 0 aromatic rings. The number of nitriles is 1. The zero-order valence-electron chi connectivity index (χ0n) is 11.1. The highest BCUT2D eigenvalue weighted by atomic mass is 16.2. The van der Waals surface area contributed by atoms with Crippen LogP contribution in [0.2, 0.25) is 0 Å². The van der Waals surface area contributed by atoms with Gasteiger partial charge in [-0.05, 0) is 12.3 Å². The lowest BCUT2D eigenvalue weighted by Crippen LogP contribution is -2.32. The van der Waals surface area contributed by atoms with Gasteiger partial charge in [-0.15, -0.1) is 0 Å². The van der Waals surface area contributed by atoms with E-state index in [1.165, 1.54) is 39.2 Å². The highest BCUT2D eigenvalue weighted by Gasteiger charge is 2.25. The fourth-order valence-corrected chi connectivity index (χ4v) is 2.61. The predicted molar refractivity (Wildman–Crippen MR) is 68.6 cm³/mol. The van der Waals surface area contributed by atoms with Crippen LogP contribution >= 0.6 is 0 Å². The van der Waals surface area contributed by atoms with Crippen molar-refractivity contribution in [1.82, 2.24) is 5.32 Å². The molecule has 0 aliphatic heterocycles. The topological polar surface area (TPSA) is 70.0 Å². The van der Waals surface area contributed by atoms with Gasteiger partial charge in [0.1, 0.15) is 0 Å². The van der Waals surface area contributed by atoms with Crippen molar-refractivity contribution in [3.63, 3.8) is 0 Å². The number of rotatable bonds is 6. The summed E-state index contributed by atoms with van der Waals surface area (Å²) in [6, 6.07) is 1.78. The van der Waals surface area contributed by atoms with Crippen LogP contribution in [0.1, 0.15) is 51.4 Å². The van der Waals surface area contributed by atoms with Gasteiger partial charge in [0.15, 0.2) is 11.7 Å². The van der Waals surface area contributed by atoms with E-state index in [9.17, 15) is 9.59 Å². The third-order valence-electron chi connectivity index (χ3n) is 3.72. The first-order valence-electron chi connectivity index (χ1n) is 6.83. The molecular formula is C14H22N2O2. The number of carbonyl (C=O) groups excluding carboxylic acids is 2. The van der Waals surface area contributed by atoms with Crippen LogP contribution in [0.3, 0.4) is 0 Å². The molecule has 100 valence electrons. The second-order valence-electron chi connectivity index (χ2n) is 5.04. The molecule has 0 radical (unpaired) electrons. The highest BCUT2D eigenvalue weighted by Crippen LogP contribution is 2.27. The van der Waals surface area contributed by atoms with Crippen LogP contribution in [0.4, 0.5) is 0 Å². The molecule has 0 bridgehead atoms. The van der Waals surface area contributed by atoms with Gasteiger partial charge in [-0.1, -0.05) is 38.5 Å². The molecule has 1 aliphatic rings. The van der Waals surface area contributed by atoms with Gasteiger partial charge >= 0.3 is 0 Å². The third-order valence-corrected chi connectivity index (χ3v) is 3.72. The maximum atomic E-state index is 11.7. The summed E-state index contributed by atoms with van der Waals surface area (Å²) in [6.07, 6.45) is 8.69. The van der Waals surface area contributed by atoms with E-state index in [2.05, 4.69) is 5.32 Å². The summed E-state index contributed by atoms with van der Waals surface area (Å²) < 4.78 is 0. The van der Waals surface area contributed by atoms with E-state index < -0.39 is 11.8 Å². The van der Waals surface area contributed by atoms with Gasteiger partial charge in [0, 0.05) is 13.5 Å². The molecule has 0 aromatic heterocycles. The Morgan fingerprint density at radius 3 is 2.56 bits per heavy atom. The molecule has 1 saturated carbocycles. The van der Waals surface area contributed by atoms with Gasteiger partial charge in [0.05, 0.1) is 6.07 Å². The summed E-state index contributed by atoms with van der Waals surface area (Å²) in [5.41, 5.74) is 0. The number of nitrogens with zero attached hydrogens (tertiary/aromatic N) is 1. The first-order chi connectivity index (χ1) is 8.69. The van der Waals surface area contributed by atoms with E-state index in [0.29, 0.717) is 6.42 Å². The zero-order chi connectivity index (χ0) is 13.4. The molecule has 0 heterocycles. The van der Waals surface area contributed by atoms with Crippen molar-refractivity contribution in [2.24, 2.45) is 11.8 Å².